The van der Waals surface area contributed by atoms with Crippen LogP contribution in [0.5, 0.6) is 0 Å². The number of hydrogen-bond acceptors (Lipinski definition) is 5. The molecule has 0 rings (SSSR count). The van der Waals surface area contributed by atoms with Crippen molar-refractivity contribution in [1.29, 1.82) is 0 Å². The highest BCUT2D eigenvalue weighted by atomic mass is 16.5. The number of carboxylic acids is 1. The number of nitrogens with two attached hydrogens (primary N) is 1. The van der Waals surface area contributed by atoms with E-state index in [-0.39, 0.29) is 18.0 Å². The Balaban J connectivity index is 4.27. The van der Waals surface area contributed by atoms with E-state index in [9.17, 15) is 19.5 Å². The van der Waals surface area contributed by atoms with Crippen molar-refractivity contribution in [2.75, 3.05) is 6.54 Å². The van der Waals surface area contributed by atoms with E-state index in [1.165, 1.54) is 135 Å². The summed E-state index contributed by atoms with van der Waals surface area (Å²) in [5.74, 6) is -1.21. The van der Waals surface area contributed by atoms with Crippen LogP contribution in [0.3, 0.4) is 0 Å². The van der Waals surface area contributed by atoms with Gasteiger partial charge in [-0.3, -0.25) is 9.59 Å². The molecule has 0 aliphatic heterocycles. The summed E-state index contributed by atoms with van der Waals surface area (Å²) in [6.45, 7) is 4.96. The Labute approximate surface area is 309 Å². The van der Waals surface area contributed by atoms with Crippen LogP contribution in [-0.2, 0) is 19.1 Å². The Morgan fingerprint density at radius 1 is 0.500 bits per heavy atom. The van der Waals surface area contributed by atoms with E-state index in [0.29, 0.717) is 32.2 Å². The molecule has 0 radical (unpaired) electrons. The van der Waals surface area contributed by atoms with Crippen molar-refractivity contribution in [1.82, 2.24) is 5.32 Å². The molecule has 0 saturated heterocycles. The van der Waals surface area contributed by atoms with Crippen molar-refractivity contribution in [2.45, 2.75) is 251 Å². The van der Waals surface area contributed by atoms with Gasteiger partial charge >= 0.3 is 11.9 Å². The van der Waals surface area contributed by atoms with Gasteiger partial charge in [-0.25, -0.2) is 4.79 Å². The molecular weight excluding hydrogens is 624 g/mol. The maximum atomic E-state index is 12.8. The normalized spacial score (nSPS) is 12.5. The fourth-order valence-corrected chi connectivity index (χ4v) is 6.86. The van der Waals surface area contributed by atoms with E-state index >= 15 is 0 Å². The van der Waals surface area contributed by atoms with E-state index in [0.717, 1.165) is 64.2 Å². The molecule has 7 heteroatoms. The van der Waals surface area contributed by atoms with Crippen LogP contribution in [0.2, 0.25) is 0 Å². The molecule has 0 aromatic rings. The minimum Gasteiger partial charge on any atom is -0.480 e. The minimum atomic E-state index is -1.00. The average molecular weight is 709 g/mol. The number of ether oxygens (including phenoxy) is 1. The monoisotopic (exact) mass is 709 g/mol. The van der Waals surface area contributed by atoms with Gasteiger partial charge in [-0.15, -0.1) is 0 Å². The topological polar surface area (TPSA) is 119 Å². The maximum Gasteiger partial charge on any atom is 0.326 e. The number of carbonyl (C=O) groups is 3. The number of unbranched alkanes of at least 4 members (excludes halogenated alkanes) is 26. The molecule has 50 heavy (non-hydrogen) atoms. The number of rotatable bonds is 40. The van der Waals surface area contributed by atoms with Crippen molar-refractivity contribution >= 4 is 17.8 Å². The number of esters is 1. The number of hydrogen-bond donors (Lipinski definition) is 3. The first kappa shape index (κ1) is 48.4. The molecule has 1 amide bonds. The van der Waals surface area contributed by atoms with Crippen LogP contribution < -0.4 is 11.1 Å². The van der Waals surface area contributed by atoms with Gasteiger partial charge in [0.1, 0.15) is 12.1 Å². The molecule has 0 aromatic heterocycles. The molecular formula is C43H84N2O5. The molecule has 0 spiro atoms. The third kappa shape index (κ3) is 34.8. The zero-order valence-electron chi connectivity index (χ0n) is 33.3. The molecule has 2 unspecified atom stereocenters. The lowest BCUT2D eigenvalue weighted by molar-refractivity contribution is -0.150. The van der Waals surface area contributed by atoms with Crippen LogP contribution in [0.4, 0.5) is 0 Å². The Hall–Kier alpha value is -1.63. The molecule has 2 atom stereocenters. The maximum absolute atomic E-state index is 12.8. The van der Waals surface area contributed by atoms with Gasteiger partial charge in [0.15, 0.2) is 0 Å². The van der Waals surface area contributed by atoms with Gasteiger partial charge < -0.3 is 20.9 Å². The van der Waals surface area contributed by atoms with Crippen molar-refractivity contribution in [3.8, 4) is 0 Å². The van der Waals surface area contributed by atoms with Gasteiger partial charge in [0.05, 0.1) is 0 Å². The number of amides is 1. The second-order valence-electron chi connectivity index (χ2n) is 15.1. The largest absolute Gasteiger partial charge is 0.480 e. The van der Waals surface area contributed by atoms with E-state index in [1.54, 1.807) is 0 Å². The van der Waals surface area contributed by atoms with E-state index in [1.807, 2.05) is 0 Å². The second-order valence-corrected chi connectivity index (χ2v) is 15.1. The number of aliphatic carboxylic acids is 1. The Morgan fingerprint density at radius 2 is 0.860 bits per heavy atom. The van der Waals surface area contributed by atoms with Crippen LogP contribution in [0, 0.1) is 0 Å². The fourth-order valence-electron chi connectivity index (χ4n) is 6.86. The van der Waals surface area contributed by atoms with E-state index in [4.69, 9.17) is 10.5 Å². The van der Waals surface area contributed by atoms with Crippen molar-refractivity contribution < 1.29 is 24.2 Å². The molecule has 0 aliphatic carbocycles. The van der Waals surface area contributed by atoms with Crippen molar-refractivity contribution in [2.24, 2.45) is 5.73 Å². The summed E-state index contributed by atoms with van der Waals surface area (Å²) in [6, 6.07) is -0.851. The molecule has 296 valence electrons. The molecule has 0 fully saturated rings. The molecule has 0 bridgehead atoms. The van der Waals surface area contributed by atoms with Gasteiger partial charge in [0.25, 0.3) is 0 Å². The lowest BCUT2D eigenvalue weighted by atomic mass is 10.0. The second kappa shape index (κ2) is 38.6. The van der Waals surface area contributed by atoms with Crippen LogP contribution in [-0.4, -0.2) is 41.6 Å². The smallest absolute Gasteiger partial charge is 0.326 e. The van der Waals surface area contributed by atoms with Crippen LogP contribution in [0.25, 0.3) is 0 Å². The molecule has 0 saturated carbocycles. The van der Waals surface area contributed by atoms with E-state index < -0.39 is 12.0 Å². The van der Waals surface area contributed by atoms with Crippen molar-refractivity contribution in [3.05, 3.63) is 0 Å². The first-order valence-electron chi connectivity index (χ1n) is 21.9. The summed E-state index contributed by atoms with van der Waals surface area (Å²) < 4.78 is 6.05. The van der Waals surface area contributed by atoms with Gasteiger partial charge in [0.2, 0.25) is 5.91 Å². The number of nitrogens with one attached hydrogen (secondary N) is 1. The molecule has 7 nitrogen and oxygen atoms in total. The van der Waals surface area contributed by atoms with Crippen LogP contribution in [0.15, 0.2) is 0 Å². The van der Waals surface area contributed by atoms with Crippen LogP contribution >= 0.6 is 0 Å². The first-order chi connectivity index (χ1) is 24.4. The summed E-state index contributed by atoms with van der Waals surface area (Å²) in [7, 11) is 0. The molecule has 0 heterocycles. The highest BCUT2D eigenvalue weighted by Crippen LogP contribution is 2.19. The SMILES string of the molecule is CCCCCCCCCCCCCCCC(=O)OC(CCCCCCCCCCCCC)CCCCCCCC(=O)NC(CCCN)C(=O)O. The lowest BCUT2D eigenvalue weighted by Gasteiger charge is -2.18. The van der Waals surface area contributed by atoms with Gasteiger partial charge in [-0.05, 0) is 57.9 Å². The third-order valence-corrected chi connectivity index (χ3v) is 10.2. The first-order valence-corrected chi connectivity index (χ1v) is 21.9. The lowest BCUT2D eigenvalue weighted by Crippen LogP contribution is -2.40. The minimum absolute atomic E-state index is 0.0155. The molecule has 4 N–H and O–H groups in total. The quantitative estimate of drug-likeness (QED) is 0.0430. The number of carbonyl (C=O) groups excluding carboxylic acids is 2. The Morgan fingerprint density at radius 3 is 1.24 bits per heavy atom. The predicted octanol–water partition coefficient (Wildman–Crippen LogP) is 12.1. The van der Waals surface area contributed by atoms with Crippen molar-refractivity contribution in [3.63, 3.8) is 0 Å². The number of carboxylic acid groups (broad SMARTS) is 1. The average Bonchev–Trinajstić information content (AvgIpc) is 3.10. The Kier molecular flexibility index (Phi) is 37.3. The fraction of sp³-hybridized carbons (Fsp3) is 0.930. The van der Waals surface area contributed by atoms with Gasteiger partial charge in [-0.1, -0.05) is 174 Å². The van der Waals surface area contributed by atoms with Crippen LogP contribution in [0.1, 0.15) is 239 Å². The van der Waals surface area contributed by atoms with E-state index in [2.05, 4.69) is 19.2 Å². The van der Waals surface area contributed by atoms with Gasteiger partial charge in [-0.2, -0.15) is 0 Å². The Bertz CT molecular complexity index is 762. The summed E-state index contributed by atoms with van der Waals surface area (Å²) in [5, 5.41) is 11.9. The zero-order chi connectivity index (χ0) is 36.8. The third-order valence-electron chi connectivity index (χ3n) is 10.2. The molecule has 0 aromatic carbocycles. The predicted molar refractivity (Wildman–Crippen MR) is 211 cm³/mol. The summed E-state index contributed by atoms with van der Waals surface area (Å²) in [6.07, 6.45) is 40.0. The summed E-state index contributed by atoms with van der Waals surface area (Å²) >= 11 is 0. The molecule has 0 aliphatic rings. The highest BCUT2D eigenvalue weighted by molar-refractivity contribution is 5.83. The summed E-state index contributed by atoms with van der Waals surface area (Å²) in [5.41, 5.74) is 5.48. The summed E-state index contributed by atoms with van der Waals surface area (Å²) in [4.78, 5) is 36.3. The zero-order valence-corrected chi connectivity index (χ0v) is 33.3. The standard InChI is InChI=1S/C43H84N2O5/c1-3-5-7-9-11-13-15-16-18-20-22-27-31-37-42(47)50-39(33-28-24-21-19-17-14-12-10-8-6-4-2)34-29-25-23-26-30-36-41(46)45-40(43(48)49)35-32-38-44/h39-40H,3-38,44H2,1-2H3,(H,45,46)(H,48,49). The highest BCUT2D eigenvalue weighted by Gasteiger charge is 2.19. The van der Waals surface area contributed by atoms with Gasteiger partial charge in [0, 0.05) is 12.8 Å².